The number of anilines is 1. The lowest BCUT2D eigenvalue weighted by Gasteiger charge is -2.34. The lowest BCUT2D eigenvalue weighted by Crippen LogP contribution is -2.50. The van der Waals surface area contributed by atoms with Crippen molar-refractivity contribution in [3.8, 4) is 17.3 Å². The number of piperazine rings is 1. The molecular formula is C19H25N5O5. The van der Waals surface area contributed by atoms with Crippen LogP contribution in [0, 0.1) is 0 Å². The van der Waals surface area contributed by atoms with Gasteiger partial charge in [0.05, 0.1) is 13.2 Å². The van der Waals surface area contributed by atoms with Crippen LogP contribution in [-0.2, 0) is 9.47 Å². The Morgan fingerprint density at radius 2 is 1.97 bits per heavy atom. The van der Waals surface area contributed by atoms with E-state index in [1.807, 2.05) is 25.7 Å². The first-order valence-electron chi connectivity index (χ1n) is 9.65. The smallest absolute Gasteiger partial charge is 0.410 e. The summed E-state index contributed by atoms with van der Waals surface area (Å²) in [6.07, 6.45) is 1.39. The van der Waals surface area contributed by atoms with Crippen LogP contribution in [0.1, 0.15) is 20.8 Å². The summed E-state index contributed by atoms with van der Waals surface area (Å²) in [5, 5.41) is 4.09. The summed E-state index contributed by atoms with van der Waals surface area (Å²) in [4.78, 5) is 24.6. The molecule has 2 aromatic rings. The van der Waals surface area contributed by atoms with E-state index < -0.39 is 5.60 Å². The third-order valence-corrected chi connectivity index (χ3v) is 4.51. The molecule has 4 heterocycles. The Hall–Kier alpha value is -2.88. The molecule has 29 heavy (non-hydrogen) atoms. The van der Waals surface area contributed by atoms with Gasteiger partial charge in [0, 0.05) is 44.0 Å². The SMILES string of the molecule is CC(C)(C)OC(=O)N1CCN(c2noc(-c3ccnc(OC4COC4)c3)n2)CC1. The number of rotatable bonds is 4. The molecule has 10 heteroatoms. The number of aromatic nitrogens is 3. The number of carbonyl (C=O) groups excluding carboxylic acids is 1. The number of carbonyl (C=O) groups is 1. The Balaban J connectivity index is 1.36. The van der Waals surface area contributed by atoms with Gasteiger partial charge in [-0.15, -0.1) is 0 Å². The summed E-state index contributed by atoms with van der Waals surface area (Å²) < 4.78 is 21.7. The summed E-state index contributed by atoms with van der Waals surface area (Å²) in [5.41, 5.74) is 0.233. The zero-order valence-corrected chi connectivity index (χ0v) is 16.8. The van der Waals surface area contributed by atoms with E-state index in [1.165, 1.54) is 0 Å². The maximum absolute atomic E-state index is 12.2. The minimum Gasteiger partial charge on any atom is -0.469 e. The van der Waals surface area contributed by atoms with Crippen LogP contribution in [0.3, 0.4) is 0 Å². The van der Waals surface area contributed by atoms with E-state index in [1.54, 1.807) is 23.2 Å². The second-order valence-electron chi connectivity index (χ2n) is 8.01. The molecule has 2 aliphatic rings. The number of nitrogens with zero attached hydrogens (tertiary/aromatic N) is 5. The fourth-order valence-electron chi connectivity index (χ4n) is 2.94. The van der Waals surface area contributed by atoms with Crippen LogP contribution in [0.2, 0.25) is 0 Å². The standard InChI is InChI=1S/C19H25N5O5/c1-19(2,3)28-18(25)24-8-6-23(7-9-24)17-21-16(29-22-17)13-4-5-20-15(10-13)27-14-11-26-12-14/h4-5,10,14H,6-9,11-12H2,1-3H3. The average Bonchev–Trinajstić information content (AvgIpc) is 3.14. The predicted octanol–water partition coefficient (Wildman–Crippen LogP) is 1.97. The molecule has 2 fully saturated rings. The van der Waals surface area contributed by atoms with Crippen molar-refractivity contribution >= 4 is 12.0 Å². The van der Waals surface area contributed by atoms with Gasteiger partial charge < -0.3 is 28.5 Å². The molecule has 0 saturated carbocycles. The molecule has 0 bridgehead atoms. The van der Waals surface area contributed by atoms with Gasteiger partial charge in [-0.25, -0.2) is 9.78 Å². The first-order valence-corrected chi connectivity index (χ1v) is 9.65. The van der Waals surface area contributed by atoms with E-state index >= 15 is 0 Å². The Morgan fingerprint density at radius 3 is 2.62 bits per heavy atom. The van der Waals surface area contributed by atoms with Gasteiger partial charge >= 0.3 is 6.09 Å². The van der Waals surface area contributed by atoms with E-state index in [9.17, 15) is 4.79 Å². The molecular weight excluding hydrogens is 378 g/mol. The van der Waals surface area contributed by atoms with Crippen molar-refractivity contribution in [1.82, 2.24) is 20.0 Å². The summed E-state index contributed by atoms with van der Waals surface area (Å²) in [7, 11) is 0. The topological polar surface area (TPSA) is 103 Å². The van der Waals surface area contributed by atoms with Gasteiger partial charge in [0.2, 0.25) is 5.88 Å². The molecule has 0 aliphatic carbocycles. The Bertz CT molecular complexity index is 853. The lowest BCUT2D eigenvalue weighted by molar-refractivity contribution is -0.0813. The van der Waals surface area contributed by atoms with Crippen molar-refractivity contribution in [2.24, 2.45) is 0 Å². The Labute approximate surface area is 168 Å². The number of amides is 1. The van der Waals surface area contributed by atoms with Gasteiger partial charge in [-0.2, -0.15) is 4.98 Å². The van der Waals surface area contributed by atoms with Crippen LogP contribution in [0.25, 0.3) is 11.5 Å². The number of hydrogen-bond acceptors (Lipinski definition) is 9. The van der Waals surface area contributed by atoms with E-state index in [0.29, 0.717) is 57.1 Å². The number of pyridine rings is 1. The van der Waals surface area contributed by atoms with Gasteiger partial charge in [-0.05, 0) is 32.0 Å². The highest BCUT2D eigenvalue weighted by Gasteiger charge is 2.28. The van der Waals surface area contributed by atoms with Crippen LogP contribution in [0.5, 0.6) is 5.88 Å². The van der Waals surface area contributed by atoms with Crippen molar-refractivity contribution in [2.45, 2.75) is 32.5 Å². The molecule has 4 rings (SSSR count). The minimum atomic E-state index is -0.504. The number of hydrogen-bond donors (Lipinski definition) is 0. The molecule has 2 aromatic heterocycles. The second kappa shape index (κ2) is 7.86. The largest absolute Gasteiger partial charge is 0.469 e. The normalized spacial score (nSPS) is 17.8. The van der Waals surface area contributed by atoms with Gasteiger partial charge in [0.15, 0.2) is 0 Å². The molecule has 0 atom stereocenters. The number of ether oxygens (including phenoxy) is 3. The predicted molar refractivity (Wildman–Crippen MR) is 103 cm³/mol. The van der Waals surface area contributed by atoms with Crippen LogP contribution in [0.15, 0.2) is 22.9 Å². The molecule has 0 aromatic carbocycles. The fraction of sp³-hybridized carbons (Fsp3) is 0.579. The van der Waals surface area contributed by atoms with Crippen LogP contribution >= 0.6 is 0 Å². The third kappa shape index (κ3) is 4.76. The quantitative estimate of drug-likeness (QED) is 0.758. The van der Waals surface area contributed by atoms with E-state index in [-0.39, 0.29) is 12.2 Å². The van der Waals surface area contributed by atoms with E-state index in [2.05, 4.69) is 15.1 Å². The van der Waals surface area contributed by atoms with Crippen LogP contribution < -0.4 is 9.64 Å². The monoisotopic (exact) mass is 403 g/mol. The first-order chi connectivity index (χ1) is 13.9. The van der Waals surface area contributed by atoms with Gasteiger partial charge in [-0.3, -0.25) is 0 Å². The zero-order chi connectivity index (χ0) is 20.4. The van der Waals surface area contributed by atoms with Crippen molar-refractivity contribution in [1.29, 1.82) is 0 Å². The van der Waals surface area contributed by atoms with Crippen LogP contribution in [-0.4, -0.2) is 77.2 Å². The van der Waals surface area contributed by atoms with Crippen molar-refractivity contribution in [3.05, 3.63) is 18.3 Å². The van der Waals surface area contributed by atoms with Crippen molar-refractivity contribution < 1.29 is 23.5 Å². The minimum absolute atomic E-state index is 0.0391. The first kappa shape index (κ1) is 19.4. The molecule has 0 unspecified atom stereocenters. The fourth-order valence-corrected chi connectivity index (χ4v) is 2.94. The maximum Gasteiger partial charge on any atom is 0.410 e. The van der Waals surface area contributed by atoms with Crippen LogP contribution in [0.4, 0.5) is 10.7 Å². The summed E-state index contributed by atoms with van der Waals surface area (Å²) in [6.45, 7) is 9.00. The van der Waals surface area contributed by atoms with E-state index in [4.69, 9.17) is 18.7 Å². The highest BCUT2D eigenvalue weighted by Crippen LogP contribution is 2.24. The van der Waals surface area contributed by atoms with Gasteiger partial charge in [0.25, 0.3) is 11.8 Å². The third-order valence-electron chi connectivity index (χ3n) is 4.51. The second-order valence-corrected chi connectivity index (χ2v) is 8.01. The molecule has 156 valence electrons. The van der Waals surface area contributed by atoms with Crippen molar-refractivity contribution in [2.75, 3.05) is 44.3 Å². The zero-order valence-electron chi connectivity index (χ0n) is 16.8. The molecule has 10 nitrogen and oxygen atoms in total. The van der Waals surface area contributed by atoms with Crippen molar-refractivity contribution in [3.63, 3.8) is 0 Å². The highest BCUT2D eigenvalue weighted by atomic mass is 16.6. The Kier molecular flexibility index (Phi) is 5.27. The summed E-state index contributed by atoms with van der Waals surface area (Å²) in [5.74, 6) is 1.39. The molecule has 0 spiro atoms. The molecule has 1 amide bonds. The average molecular weight is 403 g/mol. The maximum atomic E-state index is 12.2. The lowest BCUT2D eigenvalue weighted by atomic mass is 10.2. The summed E-state index contributed by atoms with van der Waals surface area (Å²) >= 11 is 0. The van der Waals surface area contributed by atoms with Gasteiger partial charge in [-0.1, -0.05) is 0 Å². The molecule has 2 saturated heterocycles. The molecule has 0 N–H and O–H groups in total. The highest BCUT2D eigenvalue weighted by molar-refractivity contribution is 5.68. The summed E-state index contributed by atoms with van der Waals surface area (Å²) in [6, 6.07) is 3.57. The Morgan fingerprint density at radius 1 is 1.21 bits per heavy atom. The molecule has 2 aliphatic heterocycles. The van der Waals surface area contributed by atoms with Gasteiger partial charge in [0.1, 0.15) is 11.7 Å². The van der Waals surface area contributed by atoms with E-state index in [0.717, 1.165) is 5.56 Å². The molecule has 0 radical (unpaired) electrons.